The lowest BCUT2D eigenvalue weighted by Crippen LogP contribution is -2.23. The zero-order chi connectivity index (χ0) is 11.2. The van der Waals surface area contributed by atoms with Crippen molar-refractivity contribution in [1.29, 1.82) is 0 Å². The van der Waals surface area contributed by atoms with E-state index in [1.54, 1.807) is 4.31 Å². The summed E-state index contributed by atoms with van der Waals surface area (Å²) in [5.74, 6) is 0. The Morgan fingerprint density at radius 1 is 1.20 bits per heavy atom. The molecule has 1 aliphatic rings. The summed E-state index contributed by atoms with van der Waals surface area (Å²) >= 11 is 17.4. The van der Waals surface area contributed by atoms with E-state index in [-0.39, 0.29) is 0 Å². The van der Waals surface area contributed by atoms with Crippen molar-refractivity contribution >= 4 is 68.9 Å². The molecule has 1 aromatic carbocycles. The van der Waals surface area contributed by atoms with E-state index >= 15 is 0 Å². The summed E-state index contributed by atoms with van der Waals surface area (Å²) in [5, 5.41) is 0. The van der Waals surface area contributed by atoms with Crippen molar-refractivity contribution in [1.82, 2.24) is 4.31 Å². The Balaban J connectivity index is 2.72. The van der Waals surface area contributed by atoms with Crippen LogP contribution in [0.3, 0.4) is 0 Å². The molecule has 6 heteroatoms. The normalized spacial score (nSPS) is 14.9. The molecule has 0 unspecified atom stereocenters. The highest BCUT2D eigenvalue weighted by atomic mass is 32.1. The summed E-state index contributed by atoms with van der Waals surface area (Å²) < 4.78 is 1.74. The number of thiol groups is 4. The van der Waals surface area contributed by atoms with Crippen molar-refractivity contribution in [2.45, 2.75) is 16.3 Å². The zero-order valence-electron chi connectivity index (χ0n) is 7.68. The van der Waals surface area contributed by atoms with E-state index in [0.29, 0.717) is 12.0 Å². The lowest BCUT2D eigenvalue weighted by atomic mass is 9.86. The maximum atomic E-state index is 5.96. The van der Waals surface area contributed by atoms with Gasteiger partial charge in [0.2, 0.25) is 0 Å². The zero-order valence-corrected chi connectivity index (χ0v) is 11.3. The molecule has 1 aliphatic heterocycles. The molecular weight excluding hydrogens is 261 g/mol. The number of fused-ring (bicyclic) bond motifs is 1. The molecule has 0 atom stereocenters. The van der Waals surface area contributed by atoms with Gasteiger partial charge in [-0.3, -0.25) is 0 Å². The fourth-order valence-electron chi connectivity index (χ4n) is 1.59. The minimum absolute atomic E-state index is 0.635. The number of nitrogens with zero attached hydrogens (tertiary/aromatic N) is 1. The monoisotopic (exact) mass is 269 g/mol. The van der Waals surface area contributed by atoms with Crippen LogP contribution >= 0.6 is 50.7 Å². The van der Waals surface area contributed by atoms with Gasteiger partial charge < -0.3 is 4.31 Å². The molecule has 0 amide bonds. The molecule has 0 spiro atoms. The van der Waals surface area contributed by atoms with Crippen LogP contribution in [-0.2, 0) is 6.54 Å². The Morgan fingerprint density at radius 2 is 1.87 bits per heavy atom. The second kappa shape index (κ2) is 4.24. The Morgan fingerprint density at radius 3 is 2.53 bits per heavy atom. The van der Waals surface area contributed by atoms with Crippen LogP contribution < -0.4 is 5.46 Å². The third-order valence-corrected chi connectivity index (χ3v) is 3.60. The van der Waals surface area contributed by atoms with Crippen molar-refractivity contribution in [2.24, 2.45) is 0 Å². The van der Waals surface area contributed by atoms with Gasteiger partial charge in [-0.2, -0.15) is 0 Å². The van der Waals surface area contributed by atoms with Crippen LogP contribution in [-0.4, -0.2) is 12.2 Å². The van der Waals surface area contributed by atoms with E-state index in [1.165, 1.54) is 0 Å². The molecule has 1 aromatic rings. The second-order valence-corrected chi connectivity index (χ2v) is 5.25. The molecule has 2 radical (unpaired) electrons. The Bertz CT molecular complexity index is 458. The lowest BCUT2D eigenvalue weighted by Gasteiger charge is -2.26. The number of hydrogen-bond donors (Lipinski definition) is 4. The Labute approximate surface area is 112 Å². The Hall–Kier alpha value is 0.225. The summed E-state index contributed by atoms with van der Waals surface area (Å²) in [5.41, 5.74) is 2.63. The van der Waals surface area contributed by atoms with Crippen LogP contribution in [0.15, 0.2) is 22.1 Å². The number of benzene rings is 1. The molecule has 0 aromatic heterocycles. The molecular formula is C9H8BNS4. The average molecular weight is 269 g/mol. The molecule has 0 aliphatic carbocycles. The lowest BCUT2D eigenvalue weighted by molar-refractivity contribution is 0.620. The van der Waals surface area contributed by atoms with Gasteiger partial charge in [-0.1, -0.05) is 18.3 Å². The van der Waals surface area contributed by atoms with Gasteiger partial charge in [0.05, 0.1) is 6.54 Å². The van der Waals surface area contributed by atoms with E-state index < -0.39 is 0 Å². The highest BCUT2D eigenvalue weighted by molar-refractivity contribution is 7.90. The number of rotatable bonds is 0. The van der Waals surface area contributed by atoms with Crippen molar-refractivity contribution in [3.05, 3.63) is 23.4 Å². The predicted molar refractivity (Wildman–Crippen MR) is 77.8 cm³/mol. The van der Waals surface area contributed by atoms with E-state index in [0.717, 1.165) is 25.8 Å². The third kappa shape index (κ3) is 2.05. The molecule has 1 nitrogen and oxygen atoms in total. The van der Waals surface area contributed by atoms with E-state index in [4.69, 9.17) is 7.85 Å². The van der Waals surface area contributed by atoms with Crippen LogP contribution in [0.5, 0.6) is 0 Å². The van der Waals surface area contributed by atoms with Crippen LogP contribution in [0, 0.1) is 0 Å². The minimum Gasteiger partial charge on any atom is -0.320 e. The molecule has 2 rings (SSSR count). The maximum absolute atomic E-state index is 5.96. The SMILES string of the molecule is [B]c1c(S)cc(S)c2c1CN(S)C=C2S. The molecule has 76 valence electrons. The van der Waals surface area contributed by atoms with Gasteiger partial charge in [-0.15, -0.1) is 37.9 Å². The fraction of sp³-hybridized carbons (Fsp3) is 0.111. The largest absolute Gasteiger partial charge is 0.320 e. The molecule has 1 heterocycles. The van der Waals surface area contributed by atoms with Crippen molar-refractivity contribution in [3.63, 3.8) is 0 Å². The first-order valence-corrected chi connectivity index (χ1v) is 5.95. The third-order valence-electron chi connectivity index (χ3n) is 2.28. The first-order valence-electron chi connectivity index (χ1n) is 4.20. The standard InChI is InChI=1S/C9H8BNS4/c10-9-4-2-11(15)3-7(14)8(4)5(12)1-6(9)13/h1,3,12-15H,2H2. The van der Waals surface area contributed by atoms with Crippen molar-refractivity contribution < 1.29 is 0 Å². The van der Waals surface area contributed by atoms with Gasteiger partial charge in [0.15, 0.2) is 0 Å². The molecule has 0 fully saturated rings. The maximum Gasteiger partial charge on any atom is 0.115 e. The average Bonchev–Trinajstić information content (AvgIpc) is 2.12. The van der Waals surface area contributed by atoms with Gasteiger partial charge in [0.1, 0.15) is 7.85 Å². The molecule has 0 saturated carbocycles. The highest BCUT2D eigenvalue weighted by Crippen LogP contribution is 2.34. The quantitative estimate of drug-likeness (QED) is 0.414. The van der Waals surface area contributed by atoms with E-state index in [1.807, 2.05) is 12.3 Å². The summed E-state index contributed by atoms with van der Waals surface area (Å²) in [6.45, 7) is 0.635. The molecule has 0 saturated heterocycles. The summed E-state index contributed by atoms with van der Waals surface area (Å²) in [6, 6.07) is 1.83. The first kappa shape index (κ1) is 11.7. The minimum atomic E-state index is 0.635. The predicted octanol–water partition coefficient (Wildman–Crippen LogP) is 1.95. The molecule has 15 heavy (non-hydrogen) atoms. The van der Waals surface area contributed by atoms with E-state index in [2.05, 4.69) is 50.7 Å². The van der Waals surface area contributed by atoms with Gasteiger partial charge in [-0.25, -0.2) is 0 Å². The first-order chi connectivity index (χ1) is 7.00. The number of hydrogen-bond acceptors (Lipinski definition) is 5. The highest BCUT2D eigenvalue weighted by Gasteiger charge is 2.19. The summed E-state index contributed by atoms with van der Waals surface area (Å²) in [6.07, 6.45) is 1.84. The van der Waals surface area contributed by atoms with Crippen LogP contribution in [0.4, 0.5) is 0 Å². The smallest absolute Gasteiger partial charge is 0.115 e. The van der Waals surface area contributed by atoms with Crippen LogP contribution in [0.2, 0.25) is 0 Å². The van der Waals surface area contributed by atoms with E-state index in [9.17, 15) is 0 Å². The van der Waals surface area contributed by atoms with Crippen LogP contribution in [0.25, 0.3) is 4.91 Å². The van der Waals surface area contributed by atoms with Gasteiger partial charge in [0.25, 0.3) is 0 Å². The molecule has 0 N–H and O–H groups in total. The van der Waals surface area contributed by atoms with Gasteiger partial charge in [0, 0.05) is 21.6 Å². The second-order valence-electron chi connectivity index (χ2n) is 3.29. The summed E-state index contributed by atoms with van der Waals surface area (Å²) in [7, 11) is 5.96. The van der Waals surface area contributed by atoms with Crippen molar-refractivity contribution in [2.75, 3.05) is 0 Å². The topological polar surface area (TPSA) is 3.24 Å². The fourth-order valence-corrected chi connectivity index (χ4v) is 3.17. The van der Waals surface area contributed by atoms with Gasteiger partial charge in [-0.05, 0) is 16.5 Å². The molecule has 0 bridgehead atoms. The van der Waals surface area contributed by atoms with Crippen LogP contribution in [0.1, 0.15) is 11.1 Å². The van der Waals surface area contributed by atoms with Gasteiger partial charge >= 0.3 is 0 Å². The summed E-state index contributed by atoms with van der Waals surface area (Å²) in [4.78, 5) is 2.40. The van der Waals surface area contributed by atoms with Crippen molar-refractivity contribution in [3.8, 4) is 0 Å². The Kier molecular flexibility index (Phi) is 3.31.